The summed E-state index contributed by atoms with van der Waals surface area (Å²) in [6.07, 6.45) is 3.36. The van der Waals surface area contributed by atoms with Crippen LogP contribution in [-0.4, -0.2) is 10.7 Å². The van der Waals surface area contributed by atoms with Crippen LogP contribution in [0.2, 0.25) is 0 Å². The van der Waals surface area contributed by atoms with Gasteiger partial charge in [-0.15, -0.1) is 11.3 Å². The molecule has 3 nitrogen and oxygen atoms in total. The Balaban J connectivity index is 2.02. The Morgan fingerprint density at radius 2 is 2.06 bits per heavy atom. The van der Waals surface area contributed by atoms with Crippen LogP contribution in [0.4, 0.5) is 0 Å². The van der Waals surface area contributed by atoms with E-state index in [0.717, 1.165) is 35.5 Å². The molecule has 98 valence electrons. The quantitative estimate of drug-likeness (QED) is 0.602. The molecule has 0 radical (unpaired) electrons. The summed E-state index contributed by atoms with van der Waals surface area (Å²) in [6.45, 7) is 0. The molecule has 1 unspecified atom stereocenters. The number of unbranched alkanes of at least 4 members (excludes halogenated alkanes) is 1. The summed E-state index contributed by atoms with van der Waals surface area (Å²) < 4.78 is 1.24. The molecule has 1 aromatic heterocycles. The Bertz CT molecular complexity index is 453. The Kier molecular flexibility index (Phi) is 5.78. The summed E-state index contributed by atoms with van der Waals surface area (Å²) in [5.74, 6) is 1.02. The number of rotatable bonds is 7. The molecular formula is C12H17N3S3. The minimum atomic E-state index is 0.310. The molecule has 0 aliphatic rings. The van der Waals surface area contributed by atoms with Gasteiger partial charge in [-0.3, -0.25) is 10.3 Å². The van der Waals surface area contributed by atoms with Crippen molar-refractivity contribution in [3.05, 3.63) is 29.3 Å². The van der Waals surface area contributed by atoms with Crippen LogP contribution in [0.25, 0.3) is 10.2 Å². The SMILES string of the molecule is NSCCCCC(SN)c1nc2ccccc2s1. The molecule has 1 heterocycles. The number of aromatic nitrogens is 1. The first-order valence-corrected chi connectivity index (χ1v) is 8.68. The van der Waals surface area contributed by atoms with Gasteiger partial charge < -0.3 is 0 Å². The van der Waals surface area contributed by atoms with Crippen LogP contribution in [0.15, 0.2) is 24.3 Å². The second-order valence-electron chi connectivity index (χ2n) is 4.01. The fraction of sp³-hybridized carbons (Fsp3) is 0.417. The van der Waals surface area contributed by atoms with E-state index in [1.165, 1.54) is 28.6 Å². The summed E-state index contributed by atoms with van der Waals surface area (Å²) in [5, 5.41) is 12.7. The molecule has 4 N–H and O–H groups in total. The van der Waals surface area contributed by atoms with Gasteiger partial charge in [0.2, 0.25) is 0 Å². The van der Waals surface area contributed by atoms with Gasteiger partial charge in [-0.05, 0) is 25.0 Å². The van der Waals surface area contributed by atoms with Crippen LogP contribution in [-0.2, 0) is 0 Å². The summed E-state index contributed by atoms with van der Waals surface area (Å²) in [6, 6.07) is 8.24. The van der Waals surface area contributed by atoms with Gasteiger partial charge in [0.25, 0.3) is 0 Å². The molecule has 2 aromatic rings. The van der Waals surface area contributed by atoms with E-state index < -0.39 is 0 Å². The Hall–Kier alpha value is -0.270. The van der Waals surface area contributed by atoms with Crippen LogP contribution >= 0.6 is 35.2 Å². The Labute approximate surface area is 120 Å². The van der Waals surface area contributed by atoms with E-state index in [2.05, 4.69) is 17.1 Å². The third-order valence-electron chi connectivity index (χ3n) is 2.73. The van der Waals surface area contributed by atoms with E-state index in [1.807, 2.05) is 12.1 Å². The maximum atomic E-state index is 5.79. The van der Waals surface area contributed by atoms with Gasteiger partial charge in [0.1, 0.15) is 5.01 Å². The average molecular weight is 299 g/mol. The highest BCUT2D eigenvalue weighted by molar-refractivity contribution is 7.97. The summed E-state index contributed by atoms with van der Waals surface area (Å²) >= 11 is 4.57. The fourth-order valence-corrected chi connectivity index (χ4v) is 3.93. The van der Waals surface area contributed by atoms with Crippen molar-refractivity contribution >= 4 is 45.4 Å². The highest BCUT2D eigenvalue weighted by Crippen LogP contribution is 2.35. The first kappa shape index (κ1) is 14.1. The lowest BCUT2D eigenvalue weighted by molar-refractivity contribution is 0.709. The predicted octanol–water partition coefficient (Wildman–Crippen LogP) is 3.72. The lowest BCUT2D eigenvalue weighted by atomic mass is 10.2. The van der Waals surface area contributed by atoms with E-state index >= 15 is 0 Å². The van der Waals surface area contributed by atoms with Gasteiger partial charge in [0.05, 0.1) is 15.5 Å². The van der Waals surface area contributed by atoms with Crippen LogP contribution < -0.4 is 10.3 Å². The molecule has 18 heavy (non-hydrogen) atoms. The lowest BCUT2D eigenvalue weighted by Gasteiger charge is -2.09. The topological polar surface area (TPSA) is 64.9 Å². The number of nitrogens with zero attached hydrogens (tertiary/aromatic N) is 1. The van der Waals surface area contributed by atoms with Crippen molar-refractivity contribution < 1.29 is 0 Å². The van der Waals surface area contributed by atoms with Crippen molar-refractivity contribution in [2.24, 2.45) is 10.3 Å². The Morgan fingerprint density at radius 3 is 2.78 bits per heavy atom. The van der Waals surface area contributed by atoms with Crippen LogP contribution in [0.5, 0.6) is 0 Å². The van der Waals surface area contributed by atoms with Crippen LogP contribution in [0.3, 0.4) is 0 Å². The molecule has 1 aromatic carbocycles. The zero-order valence-corrected chi connectivity index (χ0v) is 12.5. The number of benzene rings is 1. The minimum absolute atomic E-state index is 0.310. The van der Waals surface area contributed by atoms with Crippen molar-refractivity contribution in [2.45, 2.75) is 24.5 Å². The van der Waals surface area contributed by atoms with Gasteiger partial charge in [-0.1, -0.05) is 42.4 Å². The number of para-hydroxylation sites is 1. The molecule has 0 aliphatic carbocycles. The van der Waals surface area contributed by atoms with Gasteiger partial charge >= 0.3 is 0 Å². The first-order chi connectivity index (χ1) is 8.85. The zero-order chi connectivity index (χ0) is 12.8. The van der Waals surface area contributed by atoms with Crippen molar-refractivity contribution in [1.29, 1.82) is 0 Å². The number of fused-ring (bicyclic) bond motifs is 1. The molecule has 0 aliphatic heterocycles. The minimum Gasteiger partial charge on any atom is -0.278 e. The van der Waals surface area contributed by atoms with Gasteiger partial charge in [0.15, 0.2) is 0 Å². The summed E-state index contributed by atoms with van der Waals surface area (Å²) in [7, 11) is 0. The third-order valence-corrected chi connectivity index (χ3v) is 5.34. The van der Waals surface area contributed by atoms with Crippen molar-refractivity contribution in [3.8, 4) is 0 Å². The molecule has 2 rings (SSSR count). The highest BCUT2D eigenvalue weighted by Gasteiger charge is 2.15. The van der Waals surface area contributed by atoms with E-state index in [0.29, 0.717) is 5.25 Å². The number of hydrogen-bond donors (Lipinski definition) is 2. The van der Waals surface area contributed by atoms with Crippen molar-refractivity contribution in [1.82, 2.24) is 4.98 Å². The molecule has 0 fully saturated rings. The number of hydrogen-bond acceptors (Lipinski definition) is 6. The van der Waals surface area contributed by atoms with Crippen LogP contribution in [0.1, 0.15) is 29.5 Å². The third kappa shape index (κ3) is 3.61. The largest absolute Gasteiger partial charge is 0.278 e. The first-order valence-electron chi connectivity index (χ1n) is 5.88. The standard InChI is InChI=1S/C12H17N3S3/c13-16-8-4-3-7-11(18-14)12-15-9-5-1-2-6-10(9)17-12/h1-2,5-6,11H,3-4,7-8,13-14H2. The van der Waals surface area contributed by atoms with Gasteiger partial charge in [0, 0.05) is 5.75 Å². The number of nitrogens with two attached hydrogens (primary N) is 2. The van der Waals surface area contributed by atoms with E-state index in [4.69, 9.17) is 10.3 Å². The second-order valence-corrected chi connectivity index (χ2v) is 6.66. The predicted molar refractivity (Wildman–Crippen MR) is 84.6 cm³/mol. The average Bonchev–Trinajstić information content (AvgIpc) is 2.82. The normalized spacial score (nSPS) is 13.0. The summed E-state index contributed by atoms with van der Waals surface area (Å²) in [4.78, 5) is 4.67. The van der Waals surface area contributed by atoms with Gasteiger partial charge in [-0.2, -0.15) is 0 Å². The van der Waals surface area contributed by atoms with E-state index in [-0.39, 0.29) is 0 Å². The maximum absolute atomic E-state index is 5.79. The van der Waals surface area contributed by atoms with Crippen molar-refractivity contribution in [3.63, 3.8) is 0 Å². The molecular weight excluding hydrogens is 282 g/mol. The smallest absolute Gasteiger partial charge is 0.108 e. The van der Waals surface area contributed by atoms with Crippen LogP contribution in [0, 0.1) is 0 Å². The van der Waals surface area contributed by atoms with E-state index in [1.54, 1.807) is 11.3 Å². The number of thiazole rings is 1. The molecule has 0 spiro atoms. The molecule has 0 bridgehead atoms. The fourth-order valence-electron chi connectivity index (χ4n) is 1.79. The lowest BCUT2D eigenvalue weighted by Crippen LogP contribution is -1.98. The molecule has 6 heteroatoms. The zero-order valence-electron chi connectivity index (χ0n) is 10.0. The van der Waals surface area contributed by atoms with Crippen molar-refractivity contribution in [2.75, 3.05) is 5.75 Å². The second kappa shape index (κ2) is 7.35. The molecule has 0 amide bonds. The highest BCUT2D eigenvalue weighted by atomic mass is 32.2. The van der Waals surface area contributed by atoms with E-state index in [9.17, 15) is 0 Å². The monoisotopic (exact) mass is 299 g/mol. The summed E-state index contributed by atoms with van der Waals surface area (Å²) in [5.41, 5.74) is 1.08. The molecule has 0 saturated carbocycles. The Morgan fingerprint density at radius 1 is 1.22 bits per heavy atom. The van der Waals surface area contributed by atoms with Gasteiger partial charge in [-0.25, -0.2) is 4.98 Å². The molecule has 0 saturated heterocycles. The maximum Gasteiger partial charge on any atom is 0.108 e. The molecule has 1 atom stereocenters.